The lowest BCUT2D eigenvalue weighted by atomic mass is 9.91. The molecule has 2 aliphatic carbocycles. The van der Waals surface area contributed by atoms with Crippen LogP contribution in [0.5, 0.6) is 0 Å². The molecule has 1 atom stereocenters. The number of nitrogens with one attached hydrogen (secondary N) is 5. The molecular weight excluding hydrogens is 744 g/mol. The Hall–Kier alpha value is -4.57. The Balaban J connectivity index is 0.738. The van der Waals surface area contributed by atoms with Gasteiger partial charge in [0.2, 0.25) is 23.7 Å². The van der Waals surface area contributed by atoms with Gasteiger partial charge in [-0.05, 0) is 75.7 Å². The van der Waals surface area contributed by atoms with Crippen LogP contribution in [0.15, 0.2) is 17.8 Å². The smallest absolute Gasteiger partial charge is 0.315 e. The molecule has 15 nitrogen and oxygen atoms in total. The number of halogens is 1. The lowest BCUT2D eigenvalue weighted by Gasteiger charge is -2.29. The van der Waals surface area contributed by atoms with Crippen LogP contribution in [0.4, 0.5) is 10.7 Å². The highest BCUT2D eigenvalue weighted by Gasteiger charge is 2.40. The average molecular weight is 793 g/mol. The molecule has 2 saturated carbocycles. The van der Waals surface area contributed by atoms with Gasteiger partial charge in [0.05, 0.1) is 35.2 Å². The lowest BCUT2D eigenvalue weighted by molar-refractivity contribution is -0.137. The summed E-state index contributed by atoms with van der Waals surface area (Å²) in [6.07, 6.45) is 15.0. The van der Waals surface area contributed by atoms with Crippen molar-refractivity contribution in [1.82, 2.24) is 45.9 Å². The number of hydrogen-bond acceptors (Lipinski definition) is 10. The molecule has 2 aliphatic heterocycles. The maximum absolute atomic E-state index is 12.9. The minimum absolute atomic E-state index is 0.0834. The van der Waals surface area contributed by atoms with Crippen molar-refractivity contribution in [3.63, 3.8) is 0 Å². The first-order valence-electron chi connectivity index (χ1n) is 19.5. The van der Waals surface area contributed by atoms with Crippen LogP contribution in [0.25, 0.3) is 11.3 Å². The molecule has 17 heteroatoms. The number of urea groups is 1. The first-order valence-corrected chi connectivity index (χ1v) is 20.7. The average Bonchev–Trinajstić information content (AvgIpc) is 3.67. The third-order valence-corrected chi connectivity index (χ3v) is 12.4. The number of thiophene rings is 1. The Morgan fingerprint density at radius 2 is 1.75 bits per heavy atom. The third-order valence-electron chi connectivity index (χ3n) is 11.1. The summed E-state index contributed by atoms with van der Waals surface area (Å²) < 4.78 is 1.92. The second kappa shape index (κ2) is 17.5. The van der Waals surface area contributed by atoms with Crippen molar-refractivity contribution < 1.29 is 24.0 Å². The molecule has 3 fully saturated rings. The monoisotopic (exact) mass is 792 g/mol. The van der Waals surface area contributed by atoms with E-state index in [1.807, 2.05) is 17.9 Å². The van der Waals surface area contributed by atoms with Gasteiger partial charge < -0.3 is 26.2 Å². The highest BCUT2D eigenvalue weighted by atomic mass is 35.5. The fourth-order valence-electron chi connectivity index (χ4n) is 7.73. The second-order valence-corrected chi connectivity index (χ2v) is 16.5. The van der Waals surface area contributed by atoms with E-state index in [1.54, 1.807) is 11.6 Å². The van der Waals surface area contributed by atoms with Gasteiger partial charge in [-0.2, -0.15) is 5.10 Å². The van der Waals surface area contributed by atoms with E-state index in [1.165, 1.54) is 29.1 Å². The van der Waals surface area contributed by atoms with E-state index in [-0.39, 0.29) is 55.3 Å². The maximum Gasteiger partial charge on any atom is 0.315 e. The molecule has 3 aromatic rings. The first kappa shape index (κ1) is 38.7. The number of rotatable bonds is 16. The van der Waals surface area contributed by atoms with Crippen LogP contribution in [0.3, 0.4) is 0 Å². The molecule has 0 aromatic carbocycles. The normalized spacial score (nSPS) is 20.9. The number of piperidine rings is 1. The molecule has 4 aliphatic rings. The topological polar surface area (TPSA) is 192 Å². The summed E-state index contributed by atoms with van der Waals surface area (Å²) in [6, 6.07) is -0.565. The zero-order valence-electron chi connectivity index (χ0n) is 31.1. The predicted octanol–water partition coefficient (Wildman–Crippen LogP) is 4.59. The number of anilines is 1. The Morgan fingerprint density at radius 1 is 0.964 bits per heavy atom. The van der Waals surface area contributed by atoms with Crippen LogP contribution in [0.2, 0.25) is 5.02 Å². The predicted molar refractivity (Wildman–Crippen MR) is 207 cm³/mol. The molecule has 1 saturated heterocycles. The Bertz CT molecular complexity index is 1920. The summed E-state index contributed by atoms with van der Waals surface area (Å²) in [5.41, 5.74) is 4.21. The van der Waals surface area contributed by atoms with Crippen LogP contribution < -0.4 is 26.6 Å². The van der Waals surface area contributed by atoms with E-state index in [0.29, 0.717) is 47.5 Å². The fraction of sp³-hybridized carbons (Fsp3) is 0.579. The minimum Gasteiger partial charge on any atom is -0.353 e. The van der Waals surface area contributed by atoms with E-state index < -0.39 is 11.9 Å². The van der Waals surface area contributed by atoms with E-state index in [0.717, 1.165) is 79.5 Å². The maximum atomic E-state index is 12.9. The van der Waals surface area contributed by atoms with Crippen LogP contribution >= 0.6 is 22.9 Å². The molecule has 0 bridgehead atoms. The zero-order valence-corrected chi connectivity index (χ0v) is 32.7. The van der Waals surface area contributed by atoms with E-state index >= 15 is 0 Å². The van der Waals surface area contributed by atoms with E-state index in [4.69, 9.17) is 16.6 Å². The van der Waals surface area contributed by atoms with Crippen LogP contribution in [-0.2, 0) is 40.9 Å². The van der Waals surface area contributed by atoms with Crippen molar-refractivity contribution in [2.75, 3.05) is 11.9 Å². The molecule has 7 rings (SSSR count). The molecule has 294 valence electrons. The molecule has 5 heterocycles. The highest BCUT2D eigenvalue weighted by molar-refractivity contribution is 7.10. The summed E-state index contributed by atoms with van der Waals surface area (Å²) in [5.74, 6) is 0.379. The minimum atomic E-state index is -0.661. The number of hydrogen-bond donors (Lipinski definition) is 5. The van der Waals surface area contributed by atoms with Crippen LogP contribution in [-0.4, -0.2) is 79.0 Å². The number of carbonyl (C=O) groups is 5. The molecule has 6 amide bonds. The van der Waals surface area contributed by atoms with Gasteiger partial charge >= 0.3 is 6.03 Å². The quantitative estimate of drug-likeness (QED) is 0.102. The fourth-order valence-corrected chi connectivity index (χ4v) is 8.90. The van der Waals surface area contributed by atoms with Crippen molar-refractivity contribution in [2.24, 2.45) is 13.0 Å². The van der Waals surface area contributed by atoms with Gasteiger partial charge in [-0.25, -0.2) is 14.8 Å². The Kier molecular flexibility index (Phi) is 12.3. The number of fused-ring (bicyclic) bond motifs is 1. The number of unbranched alkanes of at least 4 members (excludes halogenated alkanes) is 3. The largest absolute Gasteiger partial charge is 0.353 e. The standard InChI is InChI=1S/C38H49ClN10O5S/c1-48-30(16-22-7-8-22)25(17-43-48)34-28(39)18-41-37(47-34)45-24-11-9-23(10-12-24)44-32(50)6-4-2-3-5-15-40-38(54)42-19-31-26-20-49(36(53)27(26)21-55-31)29-13-14-33(51)46-35(29)52/h17-18,21-24,29H,2-16,19-20H2,1H3,(H,44,50)(H2,40,42,54)(H,41,45,47)(H,46,51,52). The highest BCUT2D eigenvalue weighted by Crippen LogP contribution is 2.37. The molecule has 0 radical (unpaired) electrons. The number of imide groups is 1. The zero-order chi connectivity index (χ0) is 38.5. The van der Waals surface area contributed by atoms with Crippen molar-refractivity contribution in [1.29, 1.82) is 0 Å². The Morgan fingerprint density at radius 3 is 2.53 bits per heavy atom. The first-order chi connectivity index (χ1) is 26.6. The number of aryl methyl sites for hydroxylation is 1. The van der Waals surface area contributed by atoms with Crippen molar-refractivity contribution in [3.8, 4) is 11.3 Å². The summed E-state index contributed by atoms with van der Waals surface area (Å²) in [5, 5.41) is 21.5. The number of carbonyl (C=O) groups excluding carboxylic acids is 5. The Labute approximate surface area is 329 Å². The summed E-state index contributed by atoms with van der Waals surface area (Å²) in [7, 11) is 1.96. The van der Waals surface area contributed by atoms with Gasteiger partial charge in [0.25, 0.3) is 5.91 Å². The van der Waals surface area contributed by atoms with Gasteiger partial charge in [0, 0.05) is 66.6 Å². The molecule has 5 N–H and O–H groups in total. The second-order valence-electron chi connectivity index (χ2n) is 15.2. The summed E-state index contributed by atoms with van der Waals surface area (Å²) in [6.45, 7) is 1.09. The van der Waals surface area contributed by atoms with Crippen molar-refractivity contribution in [3.05, 3.63) is 44.5 Å². The molecule has 1 unspecified atom stereocenters. The van der Waals surface area contributed by atoms with E-state index in [9.17, 15) is 24.0 Å². The van der Waals surface area contributed by atoms with Gasteiger partial charge in [0.1, 0.15) is 6.04 Å². The molecular formula is C38H49ClN10O5S. The lowest BCUT2D eigenvalue weighted by Crippen LogP contribution is -2.52. The van der Waals surface area contributed by atoms with Crippen LogP contribution in [0.1, 0.15) is 110 Å². The molecule has 0 spiro atoms. The van der Waals surface area contributed by atoms with Crippen molar-refractivity contribution in [2.45, 2.75) is 121 Å². The van der Waals surface area contributed by atoms with Gasteiger partial charge in [0.15, 0.2) is 0 Å². The summed E-state index contributed by atoms with van der Waals surface area (Å²) in [4.78, 5) is 73.5. The van der Waals surface area contributed by atoms with Crippen molar-refractivity contribution >= 4 is 58.5 Å². The van der Waals surface area contributed by atoms with Crippen LogP contribution in [0, 0.1) is 5.92 Å². The van der Waals surface area contributed by atoms with E-state index in [2.05, 4.69) is 36.7 Å². The number of nitrogens with zero attached hydrogens (tertiary/aromatic N) is 5. The number of aromatic nitrogens is 4. The summed E-state index contributed by atoms with van der Waals surface area (Å²) >= 11 is 7.96. The molecule has 55 heavy (non-hydrogen) atoms. The van der Waals surface area contributed by atoms with Gasteiger partial charge in [-0.15, -0.1) is 11.3 Å². The van der Waals surface area contributed by atoms with Gasteiger partial charge in [-0.1, -0.05) is 24.4 Å². The third kappa shape index (κ3) is 9.63. The molecule has 3 aromatic heterocycles. The number of amides is 6. The SMILES string of the molecule is Cn1ncc(-c2nc(NC3CCC(NC(=O)CCCCCCNC(=O)NCc4scc5c4CN(C4CCC(=O)NC4=O)C5=O)CC3)ncc2Cl)c1CC1CC1. The van der Waals surface area contributed by atoms with Gasteiger partial charge in [-0.3, -0.25) is 29.2 Å².